The Labute approximate surface area is 172 Å². The van der Waals surface area contributed by atoms with E-state index in [0.717, 1.165) is 15.6 Å². The van der Waals surface area contributed by atoms with Crippen LogP contribution in [0.1, 0.15) is 28.7 Å². The van der Waals surface area contributed by atoms with Crippen LogP contribution in [-0.4, -0.2) is 22.4 Å². The number of amides is 1. The molecule has 0 radical (unpaired) electrons. The predicted molar refractivity (Wildman–Crippen MR) is 113 cm³/mol. The maximum Gasteiger partial charge on any atom is 0.255 e. The zero-order valence-electron chi connectivity index (χ0n) is 15.7. The molecular weight excluding hydrogens is 420 g/mol. The van der Waals surface area contributed by atoms with Gasteiger partial charge in [-0.25, -0.2) is 9.97 Å². The first-order chi connectivity index (χ1) is 13.5. The molecule has 0 aliphatic carbocycles. The third kappa shape index (κ3) is 4.48. The molecule has 0 unspecified atom stereocenters. The van der Waals surface area contributed by atoms with Crippen LogP contribution in [-0.2, 0) is 6.61 Å². The van der Waals surface area contributed by atoms with Crippen molar-refractivity contribution in [2.45, 2.75) is 20.5 Å². The molecule has 3 aromatic rings. The molecule has 28 heavy (non-hydrogen) atoms. The molecule has 0 aliphatic heterocycles. The molecule has 0 aliphatic rings. The lowest BCUT2D eigenvalue weighted by Crippen LogP contribution is -2.26. The summed E-state index contributed by atoms with van der Waals surface area (Å²) in [5.41, 5.74) is 9.33. The third-order valence-corrected chi connectivity index (χ3v) is 4.77. The average molecular weight is 441 g/mol. The van der Waals surface area contributed by atoms with Gasteiger partial charge >= 0.3 is 0 Å². The molecule has 3 rings (SSSR count). The molecule has 144 valence electrons. The number of aromatic nitrogens is 2. The van der Waals surface area contributed by atoms with Gasteiger partial charge in [-0.15, -0.1) is 0 Å². The molecule has 1 amide bonds. The van der Waals surface area contributed by atoms with Crippen LogP contribution < -0.4 is 15.8 Å². The highest BCUT2D eigenvalue weighted by molar-refractivity contribution is 9.10. The second kappa shape index (κ2) is 8.84. The van der Waals surface area contributed by atoms with E-state index in [1.54, 1.807) is 6.92 Å². The van der Waals surface area contributed by atoms with Crippen molar-refractivity contribution < 1.29 is 9.53 Å². The van der Waals surface area contributed by atoms with E-state index in [1.165, 1.54) is 0 Å². The zero-order valence-corrected chi connectivity index (χ0v) is 17.3. The number of anilines is 1. The van der Waals surface area contributed by atoms with Crippen molar-refractivity contribution in [3.8, 4) is 16.9 Å². The maximum absolute atomic E-state index is 12.4. The number of hydrogen-bond donors (Lipinski definition) is 2. The minimum Gasteiger partial charge on any atom is -0.486 e. The van der Waals surface area contributed by atoms with Crippen LogP contribution in [0.2, 0.25) is 0 Å². The summed E-state index contributed by atoms with van der Waals surface area (Å²) < 4.78 is 6.73. The minimum absolute atomic E-state index is 0.101. The summed E-state index contributed by atoms with van der Waals surface area (Å²) in [6, 6.07) is 15.9. The number of nitrogens with zero attached hydrogens (tertiary/aromatic N) is 2. The van der Waals surface area contributed by atoms with Crippen LogP contribution in [0, 0.1) is 6.92 Å². The number of benzene rings is 2. The standard InChI is InChI=1S/C21H21BrN4O2/c1-3-24-20(27)19-13(2)25-21(23)26-17(19)12-28-18-10-9-15(11-16(18)22)14-7-5-4-6-8-14/h4-11H,3,12H2,1-2H3,(H,24,27)(H2,23,25,26). The number of ether oxygens (including phenoxy) is 1. The number of carbonyl (C=O) groups excluding carboxylic acids is 1. The third-order valence-electron chi connectivity index (χ3n) is 4.15. The second-order valence-electron chi connectivity index (χ2n) is 6.15. The molecule has 2 aromatic carbocycles. The Morgan fingerprint density at radius 2 is 1.89 bits per heavy atom. The van der Waals surface area contributed by atoms with Gasteiger partial charge in [-0.1, -0.05) is 36.4 Å². The van der Waals surface area contributed by atoms with E-state index in [9.17, 15) is 4.79 Å². The Bertz CT molecular complexity index is 993. The first-order valence-electron chi connectivity index (χ1n) is 8.88. The Kier molecular flexibility index (Phi) is 6.26. The molecule has 6 nitrogen and oxygen atoms in total. The predicted octanol–water partition coefficient (Wildman–Crippen LogP) is 4.13. The molecule has 0 saturated carbocycles. The molecule has 1 heterocycles. The number of nitrogen functional groups attached to an aromatic ring is 1. The van der Waals surface area contributed by atoms with Crippen LogP contribution in [0.4, 0.5) is 5.95 Å². The first kappa shape index (κ1) is 19.8. The summed E-state index contributed by atoms with van der Waals surface area (Å²) in [5.74, 6) is 0.524. The van der Waals surface area contributed by atoms with Crippen molar-refractivity contribution in [3.05, 3.63) is 70.0 Å². The van der Waals surface area contributed by atoms with Crippen LogP contribution in [0.25, 0.3) is 11.1 Å². The van der Waals surface area contributed by atoms with Gasteiger partial charge in [0.2, 0.25) is 5.95 Å². The van der Waals surface area contributed by atoms with Gasteiger partial charge in [0, 0.05) is 6.54 Å². The van der Waals surface area contributed by atoms with Gasteiger partial charge in [0.25, 0.3) is 5.91 Å². The molecule has 7 heteroatoms. The summed E-state index contributed by atoms with van der Waals surface area (Å²) in [6.07, 6.45) is 0. The van der Waals surface area contributed by atoms with Gasteiger partial charge in [-0.05, 0) is 53.0 Å². The molecule has 1 aromatic heterocycles. The topological polar surface area (TPSA) is 90.1 Å². The molecular formula is C21H21BrN4O2. The monoisotopic (exact) mass is 440 g/mol. The Hall–Kier alpha value is -2.93. The number of halogens is 1. The fourth-order valence-electron chi connectivity index (χ4n) is 2.88. The van der Waals surface area contributed by atoms with E-state index in [-0.39, 0.29) is 18.5 Å². The molecule has 0 bridgehead atoms. The zero-order chi connectivity index (χ0) is 20.1. The largest absolute Gasteiger partial charge is 0.486 e. The molecule has 0 fully saturated rings. The highest BCUT2D eigenvalue weighted by Crippen LogP contribution is 2.31. The van der Waals surface area contributed by atoms with Crippen LogP contribution >= 0.6 is 15.9 Å². The van der Waals surface area contributed by atoms with Crippen molar-refractivity contribution in [3.63, 3.8) is 0 Å². The van der Waals surface area contributed by atoms with Gasteiger partial charge in [-0.2, -0.15) is 0 Å². The van der Waals surface area contributed by atoms with Gasteiger partial charge in [0.05, 0.1) is 21.4 Å². The van der Waals surface area contributed by atoms with Crippen molar-refractivity contribution in [2.75, 3.05) is 12.3 Å². The first-order valence-corrected chi connectivity index (χ1v) is 9.67. The normalized spacial score (nSPS) is 10.5. The Balaban J connectivity index is 1.83. The average Bonchev–Trinajstić information content (AvgIpc) is 2.67. The number of aryl methyl sites for hydroxylation is 1. The lowest BCUT2D eigenvalue weighted by Gasteiger charge is -2.14. The second-order valence-corrected chi connectivity index (χ2v) is 7.00. The van der Waals surface area contributed by atoms with E-state index < -0.39 is 0 Å². The van der Waals surface area contributed by atoms with Crippen LogP contribution in [0.5, 0.6) is 5.75 Å². The highest BCUT2D eigenvalue weighted by atomic mass is 79.9. The molecule has 3 N–H and O–H groups in total. The van der Waals surface area contributed by atoms with Crippen molar-refractivity contribution in [1.29, 1.82) is 0 Å². The van der Waals surface area contributed by atoms with Crippen LogP contribution in [0.3, 0.4) is 0 Å². The van der Waals surface area contributed by atoms with E-state index in [1.807, 2.05) is 55.5 Å². The highest BCUT2D eigenvalue weighted by Gasteiger charge is 2.18. The Morgan fingerprint density at radius 1 is 1.14 bits per heavy atom. The van der Waals surface area contributed by atoms with E-state index in [2.05, 4.69) is 31.2 Å². The minimum atomic E-state index is -0.239. The van der Waals surface area contributed by atoms with Gasteiger partial charge < -0.3 is 15.8 Å². The smallest absolute Gasteiger partial charge is 0.255 e. The number of carbonyl (C=O) groups is 1. The molecule has 0 spiro atoms. The quantitative estimate of drug-likeness (QED) is 0.601. The number of rotatable bonds is 6. The fourth-order valence-corrected chi connectivity index (χ4v) is 3.37. The summed E-state index contributed by atoms with van der Waals surface area (Å²) in [7, 11) is 0. The number of nitrogens with two attached hydrogens (primary N) is 1. The maximum atomic E-state index is 12.4. The number of nitrogens with one attached hydrogen (secondary N) is 1. The SMILES string of the molecule is CCNC(=O)c1c(C)nc(N)nc1COc1ccc(-c2ccccc2)cc1Br. The van der Waals surface area contributed by atoms with E-state index in [0.29, 0.717) is 29.2 Å². The summed E-state index contributed by atoms with van der Waals surface area (Å²) in [4.78, 5) is 20.7. The van der Waals surface area contributed by atoms with E-state index in [4.69, 9.17) is 10.5 Å². The fraction of sp³-hybridized carbons (Fsp3) is 0.190. The van der Waals surface area contributed by atoms with Crippen molar-refractivity contribution in [2.24, 2.45) is 0 Å². The van der Waals surface area contributed by atoms with Crippen LogP contribution in [0.15, 0.2) is 53.0 Å². The van der Waals surface area contributed by atoms with E-state index >= 15 is 0 Å². The van der Waals surface area contributed by atoms with Gasteiger partial charge in [0.1, 0.15) is 12.4 Å². The molecule has 0 saturated heterocycles. The van der Waals surface area contributed by atoms with Crippen molar-refractivity contribution in [1.82, 2.24) is 15.3 Å². The number of hydrogen-bond acceptors (Lipinski definition) is 5. The Morgan fingerprint density at radius 3 is 2.57 bits per heavy atom. The van der Waals surface area contributed by atoms with Gasteiger partial charge in [-0.3, -0.25) is 4.79 Å². The molecule has 0 atom stereocenters. The lowest BCUT2D eigenvalue weighted by molar-refractivity contribution is 0.0951. The van der Waals surface area contributed by atoms with Gasteiger partial charge in [0.15, 0.2) is 0 Å². The summed E-state index contributed by atoms with van der Waals surface area (Å²) in [5, 5.41) is 2.77. The lowest BCUT2D eigenvalue weighted by atomic mass is 10.1. The summed E-state index contributed by atoms with van der Waals surface area (Å²) in [6.45, 7) is 4.20. The van der Waals surface area contributed by atoms with Crippen molar-refractivity contribution >= 4 is 27.8 Å². The summed E-state index contributed by atoms with van der Waals surface area (Å²) >= 11 is 3.56.